The van der Waals surface area contributed by atoms with Crippen molar-refractivity contribution in [3.8, 4) is 0 Å². The summed E-state index contributed by atoms with van der Waals surface area (Å²) in [7, 11) is 1.71. The summed E-state index contributed by atoms with van der Waals surface area (Å²) >= 11 is 0. The zero-order chi connectivity index (χ0) is 14.8. The molecule has 3 nitrogen and oxygen atoms in total. The second-order valence-electron chi connectivity index (χ2n) is 5.36. The molecule has 0 bridgehead atoms. The summed E-state index contributed by atoms with van der Waals surface area (Å²) in [5.41, 5.74) is 3.69. The van der Waals surface area contributed by atoms with Crippen LogP contribution >= 0.6 is 0 Å². The van der Waals surface area contributed by atoms with Crippen molar-refractivity contribution in [2.45, 2.75) is 45.6 Å². The molecule has 0 saturated carbocycles. The van der Waals surface area contributed by atoms with Gasteiger partial charge < -0.3 is 15.2 Å². The predicted molar refractivity (Wildman–Crippen MR) is 84.1 cm³/mol. The molecule has 0 radical (unpaired) electrons. The van der Waals surface area contributed by atoms with Gasteiger partial charge >= 0.3 is 0 Å². The van der Waals surface area contributed by atoms with E-state index in [1.54, 1.807) is 7.11 Å². The van der Waals surface area contributed by atoms with Crippen LogP contribution in [0.5, 0.6) is 0 Å². The van der Waals surface area contributed by atoms with Crippen molar-refractivity contribution in [3.63, 3.8) is 0 Å². The first-order chi connectivity index (χ1) is 9.69. The van der Waals surface area contributed by atoms with Crippen LogP contribution in [0.2, 0.25) is 0 Å². The lowest BCUT2D eigenvalue weighted by molar-refractivity contribution is 0.168. The zero-order valence-corrected chi connectivity index (χ0v) is 13.1. The van der Waals surface area contributed by atoms with Crippen LogP contribution in [0.25, 0.3) is 0 Å². The number of benzene rings is 1. The van der Waals surface area contributed by atoms with E-state index in [9.17, 15) is 5.11 Å². The second kappa shape index (κ2) is 9.92. The van der Waals surface area contributed by atoms with Crippen molar-refractivity contribution < 1.29 is 9.84 Å². The Bertz CT molecular complexity index is 379. The van der Waals surface area contributed by atoms with Crippen molar-refractivity contribution in [1.29, 1.82) is 0 Å². The largest absolute Gasteiger partial charge is 0.387 e. The maximum atomic E-state index is 10.2. The number of hydrogen-bond donors (Lipinski definition) is 2. The molecule has 0 amide bonds. The highest BCUT2D eigenvalue weighted by Crippen LogP contribution is 2.18. The van der Waals surface area contributed by atoms with Gasteiger partial charge in [-0.1, -0.05) is 31.5 Å². The van der Waals surface area contributed by atoms with Crippen LogP contribution in [0.15, 0.2) is 18.2 Å². The Labute approximate surface area is 123 Å². The Morgan fingerprint density at radius 3 is 2.75 bits per heavy atom. The van der Waals surface area contributed by atoms with Gasteiger partial charge in [-0.3, -0.25) is 0 Å². The number of hydrogen-bond acceptors (Lipinski definition) is 3. The molecule has 1 aromatic rings. The third-order valence-electron chi connectivity index (χ3n) is 3.59. The van der Waals surface area contributed by atoms with Gasteiger partial charge in [0.15, 0.2) is 0 Å². The average molecular weight is 279 g/mol. The molecule has 20 heavy (non-hydrogen) atoms. The van der Waals surface area contributed by atoms with Crippen LogP contribution in [0.1, 0.15) is 49.0 Å². The van der Waals surface area contributed by atoms with Crippen LogP contribution in [0, 0.1) is 6.92 Å². The Kier molecular flexibility index (Phi) is 8.51. The van der Waals surface area contributed by atoms with Crippen LogP contribution in [0.4, 0.5) is 0 Å². The summed E-state index contributed by atoms with van der Waals surface area (Å²) in [6.45, 7) is 6.57. The highest BCUT2D eigenvalue weighted by Gasteiger charge is 2.08. The fourth-order valence-electron chi connectivity index (χ4n) is 2.27. The Morgan fingerprint density at radius 2 is 2.10 bits per heavy atom. The molecule has 114 valence electrons. The van der Waals surface area contributed by atoms with Gasteiger partial charge in [-0.15, -0.1) is 0 Å². The summed E-state index contributed by atoms with van der Waals surface area (Å²) in [5.74, 6) is 0. The molecule has 1 aromatic carbocycles. The van der Waals surface area contributed by atoms with Gasteiger partial charge in [0.2, 0.25) is 0 Å². The van der Waals surface area contributed by atoms with E-state index in [0.29, 0.717) is 6.54 Å². The van der Waals surface area contributed by atoms with Crippen LogP contribution in [0.3, 0.4) is 0 Å². The number of ether oxygens (including phenoxy) is 1. The highest BCUT2D eigenvalue weighted by molar-refractivity contribution is 5.32. The fourth-order valence-corrected chi connectivity index (χ4v) is 2.27. The van der Waals surface area contributed by atoms with Crippen molar-refractivity contribution in [2.24, 2.45) is 0 Å². The van der Waals surface area contributed by atoms with Crippen LogP contribution in [-0.2, 0) is 11.2 Å². The van der Waals surface area contributed by atoms with Gasteiger partial charge in [-0.2, -0.15) is 0 Å². The van der Waals surface area contributed by atoms with Crippen molar-refractivity contribution >= 4 is 0 Å². The lowest BCUT2D eigenvalue weighted by Crippen LogP contribution is -2.23. The quantitative estimate of drug-likeness (QED) is 0.647. The SMILES string of the molecule is CCCCc1ccc(C(O)CNCCCOC)cc1C. The maximum absolute atomic E-state index is 10.2. The summed E-state index contributed by atoms with van der Waals surface area (Å²) in [4.78, 5) is 0. The minimum atomic E-state index is -0.434. The lowest BCUT2D eigenvalue weighted by Gasteiger charge is -2.14. The third kappa shape index (κ3) is 6.04. The van der Waals surface area contributed by atoms with Crippen molar-refractivity contribution in [2.75, 3.05) is 26.8 Å². The third-order valence-corrected chi connectivity index (χ3v) is 3.59. The smallest absolute Gasteiger partial charge is 0.0914 e. The Balaban J connectivity index is 2.43. The van der Waals surface area contributed by atoms with Crippen molar-refractivity contribution in [1.82, 2.24) is 5.32 Å². The van der Waals surface area contributed by atoms with E-state index in [0.717, 1.165) is 31.6 Å². The second-order valence-corrected chi connectivity index (χ2v) is 5.36. The van der Waals surface area contributed by atoms with Gasteiger partial charge in [0.05, 0.1) is 6.10 Å². The molecular formula is C17H29NO2. The van der Waals surface area contributed by atoms with E-state index in [1.165, 1.54) is 24.0 Å². The lowest BCUT2D eigenvalue weighted by atomic mass is 9.98. The van der Waals surface area contributed by atoms with E-state index >= 15 is 0 Å². The van der Waals surface area contributed by atoms with E-state index in [-0.39, 0.29) is 0 Å². The summed E-state index contributed by atoms with van der Waals surface area (Å²) in [6, 6.07) is 6.33. The highest BCUT2D eigenvalue weighted by atomic mass is 16.5. The molecule has 0 heterocycles. The first kappa shape index (κ1) is 17.2. The number of rotatable bonds is 10. The summed E-state index contributed by atoms with van der Waals surface area (Å²) < 4.78 is 4.99. The van der Waals surface area contributed by atoms with E-state index in [4.69, 9.17) is 4.74 Å². The predicted octanol–water partition coefficient (Wildman–Crippen LogP) is 3.00. The van der Waals surface area contributed by atoms with Gasteiger partial charge in [-0.05, 0) is 49.4 Å². The number of methoxy groups -OCH3 is 1. The topological polar surface area (TPSA) is 41.5 Å². The molecule has 0 aromatic heterocycles. The molecule has 0 aliphatic heterocycles. The number of aliphatic hydroxyl groups is 1. The number of unbranched alkanes of at least 4 members (excludes halogenated alkanes) is 1. The van der Waals surface area contributed by atoms with Gasteiger partial charge in [0.25, 0.3) is 0 Å². The van der Waals surface area contributed by atoms with E-state index in [2.05, 4.69) is 37.4 Å². The number of nitrogens with one attached hydrogen (secondary N) is 1. The Morgan fingerprint density at radius 1 is 1.30 bits per heavy atom. The monoisotopic (exact) mass is 279 g/mol. The minimum Gasteiger partial charge on any atom is -0.387 e. The van der Waals surface area contributed by atoms with Gasteiger partial charge in [-0.25, -0.2) is 0 Å². The summed E-state index contributed by atoms with van der Waals surface area (Å²) in [6.07, 6.45) is 4.11. The average Bonchev–Trinajstić information content (AvgIpc) is 2.45. The Hall–Kier alpha value is -0.900. The number of aliphatic hydroxyl groups excluding tert-OH is 1. The minimum absolute atomic E-state index is 0.434. The first-order valence-electron chi connectivity index (χ1n) is 7.66. The molecular weight excluding hydrogens is 250 g/mol. The molecule has 0 spiro atoms. The molecule has 0 saturated heterocycles. The molecule has 1 unspecified atom stereocenters. The summed E-state index contributed by atoms with van der Waals surface area (Å²) in [5, 5.41) is 13.4. The molecule has 1 atom stereocenters. The molecule has 3 heteroatoms. The van der Waals surface area contributed by atoms with E-state index in [1.807, 2.05) is 0 Å². The standard InChI is InChI=1S/C17H29NO2/c1-4-5-7-15-8-9-16(12-14(15)2)17(19)13-18-10-6-11-20-3/h8-9,12,17-19H,4-7,10-11,13H2,1-3H3. The van der Waals surface area contributed by atoms with Crippen molar-refractivity contribution in [3.05, 3.63) is 34.9 Å². The molecule has 0 aliphatic rings. The molecule has 0 fully saturated rings. The zero-order valence-electron chi connectivity index (χ0n) is 13.1. The normalized spacial score (nSPS) is 12.6. The van der Waals surface area contributed by atoms with Gasteiger partial charge in [0, 0.05) is 20.3 Å². The van der Waals surface area contributed by atoms with Crippen LogP contribution < -0.4 is 5.32 Å². The molecule has 0 aliphatic carbocycles. The fraction of sp³-hybridized carbons (Fsp3) is 0.647. The molecule has 1 rings (SSSR count). The molecule has 2 N–H and O–H groups in total. The first-order valence-corrected chi connectivity index (χ1v) is 7.66. The number of aryl methyl sites for hydroxylation is 2. The van der Waals surface area contributed by atoms with Gasteiger partial charge in [0.1, 0.15) is 0 Å². The maximum Gasteiger partial charge on any atom is 0.0914 e. The van der Waals surface area contributed by atoms with E-state index < -0.39 is 6.10 Å². The van der Waals surface area contributed by atoms with Crippen LogP contribution in [-0.4, -0.2) is 31.9 Å².